The summed E-state index contributed by atoms with van der Waals surface area (Å²) >= 11 is 1.57. The quantitative estimate of drug-likeness (QED) is 0.497. The van der Waals surface area contributed by atoms with Crippen LogP contribution in [0.2, 0.25) is 0 Å². The molecule has 3 rings (SSSR count). The number of nitrogens with zero attached hydrogens (tertiary/aromatic N) is 3. The van der Waals surface area contributed by atoms with Gasteiger partial charge in [-0.15, -0.1) is 11.3 Å². The van der Waals surface area contributed by atoms with Crippen LogP contribution in [0.5, 0.6) is 0 Å². The Labute approximate surface area is 113 Å². The van der Waals surface area contributed by atoms with E-state index >= 15 is 0 Å². The Morgan fingerprint density at radius 3 is 2.89 bits per heavy atom. The molecule has 0 aliphatic rings. The molecule has 0 saturated heterocycles. The molecule has 0 aliphatic heterocycles. The van der Waals surface area contributed by atoms with Crippen LogP contribution in [0.4, 0.5) is 11.8 Å². The molecule has 2 heterocycles. The second kappa shape index (κ2) is 5.17. The number of nitrogens with two attached hydrogens (primary N) is 1. The average molecular weight is 272 g/mol. The molecule has 0 atom stereocenters. The molecule has 0 amide bonds. The highest BCUT2D eigenvalue weighted by Gasteiger charge is 2.06. The maximum atomic E-state index is 5.39. The highest BCUT2D eigenvalue weighted by molar-refractivity contribution is 7.07. The van der Waals surface area contributed by atoms with E-state index in [2.05, 4.69) is 25.7 Å². The lowest BCUT2D eigenvalue weighted by molar-refractivity contribution is 1.05. The van der Waals surface area contributed by atoms with E-state index in [9.17, 15) is 0 Å². The van der Waals surface area contributed by atoms with Crippen LogP contribution in [0, 0.1) is 0 Å². The van der Waals surface area contributed by atoms with Gasteiger partial charge in [0.1, 0.15) is 5.82 Å². The summed E-state index contributed by atoms with van der Waals surface area (Å²) < 4.78 is 0. The Morgan fingerprint density at radius 1 is 1.21 bits per heavy atom. The smallest absolute Gasteiger partial charge is 0.239 e. The van der Waals surface area contributed by atoms with Crippen molar-refractivity contribution in [3.8, 4) is 0 Å². The fraction of sp³-hybridized carbons (Fsp3) is 0.0833. The maximum absolute atomic E-state index is 5.39. The molecule has 96 valence electrons. The number of hydrogen-bond acceptors (Lipinski definition) is 7. The number of anilines is 2. The summed E-state index contributed by atoms with van der Waals surface area (Å²) in [6.45, 7) is 0.620. The lowest BCUT2D eigenvalue weighted by Gasteiger charge is -2.09. The number of thiazole rings is 1. The average Bonchev–Trinajstić information content (AvgIpc) is 2.97. The molecule has 0 fully saturated rings. The molecular formula is C12H12N6S. The van der Waals surface area contributed by atoms with Gasteiger partial charge in [-0.25, -0.2) is 15.8 Å². The number of fused-ring (bicyclic) bond motifs is 1. The number of para-hydroxylation sites is 1. The predicted octanol–water partition coefficient (Wildman–Crippen LogP) is 1.98. The van der Waals surface area contributed by atoms with Crippen LogP contribution in [0.3, 0.4) is 0 Å². The van der Waals surface area contributed by atoms with Gasteiger partial charge < -0.3 is 5.32 Å². The summed E-state index contributed by atoms with van der Waals surface area (Å²) in [5.74, 6) is 6.52. The molecule has 4 N–H and O–H groups in total. The predicted molar refractivity (Wildman–Crippen MR) is 76.8 cm³/mol. The van der Waals surface area contributed by atoms with Crippen LogP contribution in [-0.4, -0.2) is 15.0 Å². The Kier molecular flexibility index (Phi) is 3.21. The lowest BCUT2D eigenvalue weighted by Crippen LogP contribution is -2.12. The van der Waals surface area contributed by atoms with E-state index in [-0.39, 0.29) is 0 Å². The van der Waals surface area contributed by atoms with Crippen molar-refractivity contribution in [1.82, 2.24) is 15.0 Å². The molecule has 6 nitrogen and oxygen atoms in total. The zero-order chi connectivity index (χ0) is 13.1. The van der Waals surface area contributed by atoms with Crippen LogP contribution in [-0.2, 0) is 6.54 Å². The van der Waals surface area contributed by atoms with Gasteiger partial charge in [-0.1, -0.05) is 12.1 Å². The normalized spacial score (nSPS) is 10.6. The number of benzene rings is 1. The van der Waals surface area contributed by atoms with Gasteiger partial charge in [-0.2, -0.15) is 4.98 Å². The first kappa shape index (κ1) is 11.8. The molecule has 7 heteroatoms. The van der Waals surface area contributed by atoms with Crippen molar-refractivity contribution in [2.24, 2.45) is 5.84 Å². The van der Waals surface area contributed by atoms with Gasteiger partial charge in [0.2, 0.25) is 5.95 Å². The highest BCUT2D eigenvalue weighted by atomic mass is 32.1. The molecule has 19 heavy (non-hydrogen) atoms. The molecule has 0 saturated carbocycles. The van der Waals surface area contributed by atoms with Crippen molar-refractivity contribution in [1.29, 1.82) is 0 Å². The minimum Gasteiger partial charge on any atom is -0.364 e. The molecule has 0 radical (unpaired) electrons. The Hall–Kier alpha value is -2.25. The van der Waals surface area contributed by atoms with Gasteiger partial charge >= 0.3 is 0 Å². The first-order chi connectivity index (χ1) is 9.36. The number of nitrogens with one attached hydrogen (secondary N) is 2. The molecule has 0 unspecified atom stereocenters. The monoisotopic (exact) mass is 272 g/mol. The van der Waals surface area contributed by atoms with Gasteiger partial charge in [-0.05, 0) is 12.1 Å². The number of hydrazine groups is 1. The molecular weight excluding hydrogens is 260 g/mol. The van der Waals surface area contributed by atoms with E-state index in [1.807, 2.05) is 35.2 Å². The number of nitrogen functional groups attached to an aromatic ring is 1. The maximum Gasteiger partial charge on any atom is 0.239 e. The van der Waals surface area contributed by atoms with E-state index in [1.165, 1.54) is 0 Å². The third-order valence-electron chi connectivity index (χ3n) is 2.65. The van der Waals surface area contributed by atoms with E-state index in [1.54, 1.807) is 11.3 Å². The Morgan fingerprint density at radius 2 is 2.11 bits per heavy atom. The molecule has 0 aliphatic carbocycles. The van der Waals surface area contributed by atoms with Crippen molar-refractivity contribution >= 4 is 34.0 Å². The Bertz CT molecular complexity index is 682. The van der Waals surface area contributed by atoms with Crippen LogP contribution in [0.1, 0.15) is 5.69 Å². The summed E-state index contributed by atoms with van der Waals surface area (Å²) in [6, 6.07) is 7.78. The van der Waals surface area contributed by atoms with Crippen molar-refractivity contribution in [2.75, 3.05) is 10.7 Å². The summed E-state index contributed by atoms with van der Waals surface area (Å²) in [5.41, 5.74) is 6.10. The summed E-state index contributed by atoms with van der Waals surface area (Å²) in [4.78, 5) is 12.9. The summed E-state index contributed by atoms with van der Waals surface area (Å²) in [6.07, 6.45) is 0. The molecule has 0 bridgehead atoms. The number of aromatic nitrogens is 3. The van der Waals surface area contributed by atoms with Gasteiger partial charge in [0.05, 0.1) is 23.3 Å². The molecule has 3 aromatic rings. The van der Waals surface area contributed by atoms with Crippen molar-refractivity contribution in [3.05, 3.63) is 40.8 Å². The molecule has 0 spiro atoms. The van der Waals surface area contributed by atoms with Crippen molar-refractivity contribution in [3.63, 3.8) is 0 Å². The second-order valence-electron chi connectivity index (χ2n) is 3.89. The van der Waals surface area contributed by atoms with Gasteiger partial charge in [0.15, 0.2) is 0 Å². The third-order valence-corrected chi connectivity index (χ3v) is 3.29. The lowest BCUT2D eigenvalue weighted by atomic mass is 10.2. The SMILES string of the molecule is NNc1nc(NCc2cscn2)c2ccccc2n1. The molecule has 1 aromatic carbocycles. The fourth-order valence-electron chi connectivity index (χ4n) is 1.78. The number of rotatable bonds is 4. The number of hydrogen-bond donors (Lipinski definition) is 3. The van der Waals surface area contributed by atoms with E-state index in [4.69, 9.17) is 5.84 Å². The topological polar surface area (TPSA) is 88.8 Å². The first-order valence-electron chi connectivity index (χ1n) is 5.71. The van der Waals surface area contributed by atoms with Crippen LogP contribution in [0.25, 0.3) is 10.9 Å². The zero-order valence-electron chi connectivity index (χ0n) is 10.00. The van der Waals surface area contributed by atoms with Crippen molar-refractivity contribution in [2.45, 2.75) is 6.54 Å². The van der Waals surface area contributed by atoms with Crippen LogP contribution < -0.4 is 16.6 Å². The highest BCUT2D eigenvalue weighted by Crippen LogP contribution is 2.21. The van der Waals surface area contributed by atoms with E-state index in [0.29, 0.717) is 12.5 Å². The summed E-state index contributed by atoms with van der Waals surface area (Å²) in [7, 11) is 0. The third kappa shape index (κ3) is 2.47. The zero-order valence-corrected chi connectivity index (χ0v) is 10.8. The van der Waals surface area contributed by atoms with Crippen LogP contribution in [0.15, 0.2) is 35.2 Å². The standard InChI is InChI=1S/C12H12N6S/c13-18-12-16-10-4-2-1-3-9(10)11(17-12)14-5-8-6-19-7-15-8/h1-4,6-7H,5,13H2,(H2,14,16,17,18). The minimum atomic E-state index is 0.388. The second-order valence-corrected chi connectivity index (χ2v) is 4.61. The van der Waals surface area contributed by atoms with Crippen molar-refractivity contribution < 1.29 is 0 Å². The Balaban J connectivity index is 1.96. The van der Waals surface area contributed by atoms with Gasteiger partial charge in [0.25, 0.3) is 0 Å². The van der Waals surface area contributed by atoms with Gasteiger partial charge in [0, 0.05) is 10.8 Å². The van der Waals surface area contributed by atoms with E-state index in [0.717, 1.165) is 22.4 Å². The fourth-order valence-corrected chi connectivity index (χ4v) is 2.33. The first-order valence-corrected chi connectivity index (χ1v) is 6.65. The van der Waals surface area contributed by atoms with E-state index < -0.39 is 0 Å². The largest absolute Gasteiger partial charge is 0.364 e. The van der Waals surface area contributed by atoms with Gasteiger partial charge in [-0.3, -0.25) is 5.43 Å². The van der Waals surface area contributed by atoms with Crippen LogP contribution >= 0.6 is 11.3 Å². The molecule has 2 aromatic heterocycles. The minimum absolute atomic E-state index is 0.388. The summed E-state index contributed by atoms with van der Waals surface area (Å²) in [5, 5.41) is 6.22.